The molecule has 0 aliphatic carbocycles. The zero-order chi connectivity index (χ0) is 14.2. The molecule has 2 saturated heterocycles. The Labute approximate surface area is 117 Å². The maximum atomic E-state index is 13.2. The first-order chi connectivity index (χ1) is 9.55. The van der Waals surface area contributed by atoms with Crippen molar-refractivity contribution in [2.45, 2.75) is 30.7 Å². The highest BCUT2D eigenvalue weighted by molar-refractivity contribution is 5.82. The van der Waals surface area contributed by atoms with Crippen molar-refractivity contribution < 1.29 is 13.6 Å². The molecule has 1 aromatic carbocycles. The SMILES string of the molecule is O=C(C1CC(F)(F)CN1)N1CCC(c2ccccc2)C1. The number of alkyl halides is 2. The second-order valence-corrected chi connectivity index (χ2v) is 5.67. The Bertz CT molecular complexity index is 492. The van der Waals surface area contributed by atoms with E-state index in [4.69, 9.17) is 0 Å². The zero-order valence-corrected chi connectivity index (χ0v) is 11.2. The van der Waals surface area contributed by atoms with E-state index in [2.05, 4.69) is 17.4 Å². The predicted octanol–water partition coefficient (Wildman–Crippen LogP) is 2.00. The van der Waals surface area contributed by atoms with Crippen molar-refractivity contribution in [1.29, 1.82) is 0 Å². The van der Waals surface area contributed by atoms with Crippen molar-refractivity contribution >= 4 is 5.91 Å². The normalized spacial score (nSPS) is 28.8. The van der Waals surface area contributed by atoms with E-state index in [9.17, 15) is 13.6 Å². The van der Waals surface area contributed by atoms with Crippen LogP contribution in [0, 0.1) is 0 Å². The van der Waals surface area contributed by atoms with Crippen LogP contribution in [0.3, 0.4) is 0 Å². The van der Waals surface area contributed by atoms with E-state index in [0.29, 0.717) is 19.0 Å². The van der Waals surface area contributed by atoms with Gasteiger partial charge in [0.25, 0.3) is 5.92 Å². The van der Waals surface area contributed by atoms with E-state index in [0.717, 1.165) is 6.42 Å². The fourth-order valence-electron chi connectivity index (χ4n) is 3.07. The summed E-state index contributed by atoms with van der Waals surface area (Å²) >= 11 is 0. The standard InChI is InChI=1S/C15H18F2N2O/c16-15(17)8-13(18-10-15)14(20)19-7-6-12(9-19)11-4-2-1-3-5-11/h1-5,12-13,18H,6-10H2. The summed E-state index contributed by atoms with van der Waals surface area (Å²) in [6, 6.07) is 9.32. The molecule has 1 amide bonds. The minimum atomic E-state index is -2.75. The molecule has 1 N–H and O–H groups in total. The molecule has 0 radical (unpaired) electrons. The maximum Gasteiger partial charge on any atom is 0.262 e. The molecule has 2 unspecified atom stereocenters. The van der Waals surface area contributed by atoms with Crippen LogP contribution in [-0.2, 0) is 4.79 Å². The lowest BCUT2D eigenvalue weighted by atomic mass is 9.99. The molecule has 2 aliphatic rings. The van der Waals surface area contributed by atoms with Gasteiger partial charge in [0.15, 0.2) is 0 Å². The number of halogens is 2. The molecule has 3 rings (SSSR count). The van der Waals surface area contributed by atoms with Gasteiger partial charge in [0, 0.05) is 25.4 Å². The molecule has 0 bridgehead atoms. The largest absolute Gasteiger partial charge is 0.341 e. The lowest BCUT2D eigenvalue weighted by Crippen LogP contribution is -2.42. The first-order valence-electron chi connectivity index (χ1n) is 7.00. The molecule has 2 aliphatic heterocycles. The van der Waals surface area contributed by atoms with Crippen LogP contribution in [0.15, 0.2) is 30.3 Å². The molecule has 5 heteroatoms. The Hall–Kier alpha value is -1.49. The predicted molar refractivity (Wildman–Crippen MR) is 71.7 cm³/mol. The summed E-state index contributed by atoms with van der Waals surface area (Å²) in [7, 11) is 0. The van der Waals surface area contributed by atoms with Crippen LogP contribution >= 0.6 is 0 Å². The summed E-state index contributed by atoms with van der Waals surface area (Å²) in [5.41, 5.74) is 1.22. The summed E-state index contributed by atoms with van der Waals surface area (Å²) in [6.07, 6.45) is 0.525. The van der Waals surface area contributed by atoms with E-state index in [1.165, 1.54) is 5.56 Å². The van der Waals surface area contributed by atoms with Crippen LogP contribution < -0.4 is 5.32 Å². The first kappa shape index (κ1) is 13.5. The van der Waals surface area contributed by atoms with Gasteiger partial charge < -0.3 is 4.90 Å². The average molecular weight is 280 g/mol. The van der Waals surface area contributed by atoms with Crippen LogP contribution in [0.5, 0.6) is 0 Å². The van der Waals surface area contributed by atoms with Crippen LogP contribution in [0.2, 0.25) is 0 Å². The molecule has 3 nitrogen and oxygen atoms in total. The van der Waals surface area contributed by atoms with Gasteiger partial charge in [-0.1, -0.05) is 30.3 Å². The summed E-state index contributed by atoms with van der Waals surface area (Å²) in [5.74, 6) is -2.61. The Kier molecular flexibility index (Phi) is 3.46. The van der Waals surface area contributed by atoms with Crippen molar-refractivity contribution in [3.05, 3.63) is 35.9 Å². The first-order valence-corrected chi connectivity index (χ1v) is 7.00. The maximum absolute atomic E-state index is 13.2. The van der Waals surface area contributed by atoms with Crippen LogP contribution in [-0.4, -0.2) is 42.4 Å². The van der Waals surface area contributed by atoms with Gasteiger partial charge in [-0.2, -0.15) is 0 Å². The van der Waals surface area contributed by atoms with Gasteiger partial charge in [-0.15, -0.1) is 0 Å². The van der Waals surface area contributed by atoms with Gasteiger partial charge in [0.2, 0.25) is 5.91 Å². The smallest absolute Gasteiger partial charge is 0.262 e. The Morgan fingerprint density at radius 2 is 2.05 bits per heavy atom. The van der Waals surface area contributed by atoms with Gasteiger partial charge in [-0.05, 0) is 12.0 Å². The van der Waals surface area contributed by atoms with Gasteiger partial charge >= 0.3 is 0 Å². The number of amides is 1. The lowest BCUT2D eigenvalue weighted by molar-refractivity contribution is -0.132. The summed E-state index contributed by atoms with van der Waals surface area (Å²) in [4.78, 5) is 14.0. The number of benzene rings is 1. The highest BCUT2D eigenvalue weighted by atomic mass is 19.3. The fraction of sp³-hybridized carbons (Fsp3) is 0.533. The molecule has 108 valence electrons. The van der Waals surface area contributed by atoms with E-state index >= 15 is 0 Å². The van der Waals surface area contributed by atoms with Crippen molar-refractivity contribution in [3.8, 4) is 0 Å². The topological polar surface area (TPSA) is 32.3 Å². The van der Waals surface area contributed by atoms with E-state index in [1.54, 1.807) is 4.90 Å². The summed E-state index contributed by atoms with van der Waals surface area (Å²) < 4.78 is 26.3. The third kappa shape index (κ3) is 2.68. The van der Waals surface area contributed by atoms with Crippen LogP contribution in [0.25, 0.3) is 0 Å². The number of hydrogen-bond acceptors (Lipinski definition) is 2. The second-order valence-electron chi connectivity index (χ2n) is 5.67. The molecule has 2 atom stereocenters. The van der Waals surface area contributed by atoms with Crippen molar-refractivity contribution in [1.82, 2.24) is 10.2 Å². The molecular formula is C15H18F2N2O. The number of carbonyl (C=O) groups excluding carboxylic acids is 1. The van der Waals surface area contributed by atoms with Gasteiger partial charge in [0.05, 0.1) is 12.6 Å². The molecule has 2 heterocycles. The Balaban J connectivity index is 1.62. The number of hydrogen-bond donors (Lipinski definition) is 1. The van der Waals surface area contributed by atoms with Crippen molar-refractivity contribution in [3.63, 3.8) is 0 Å². The Morgan fingerprint density at radius 1 is 1.30 bits per heavy atom. The number of carbonyl (C=O) groups is 1. The fourth-order valence-corrected chi connectivity index (χ4v) is 3.07. The third-order valence-electron chi connectivity index (χ3n) is 4.18. The number of nitrogens with one attached hydrogen (secondary N) is 1. The zero-order valence-electron chi connectivity index (χ0n) is 11.2. The molecule has 2 fully saturated rings. The second kappa shape index (κ2) is 5.13. The quantitative estimate of drug-likeness (QED) is 0.898. The van der Waals surface area contributed by atoms with Gasteiger partial charge in [-0.25, -0.2) is 8.78 Å². The van der Waals surface area contributed by atoms with Gasteiger partial charge in [-0.3, -0.25) is 10.1 Å². The molecule has 0 aromatic heterocycles. The number of likely N-dealkylation sites (tertiary alicyclic amines) is 1. The van der Waals surface area contributed by atoms with Crippen LogP contribution in [0.4, 0.5) is 8.78 Å². The monoisotopic (exact) mass is 280 g/mol. The molecular weight excluding hydrogens is 262 g/mol. The number of rotatable bonds is 2. The molecule has 20 heavy (non-hydrogen) atoms. The average Bonchev–Trinajstić information content (AvgIpc) is 3.05. The summed E-state index contributed by atoms with van der Waals surface area (Å²) in [6.45, 7) is 0.897. The van der Waals surface area contributed by atoms with Crippen molar-refractivity contribution in [2.75, 3.05) is 19.6 Å². The highest BCUT2D eigenvalue weighted by Crippen LogP contribution is 2.30. The van der Waals surface area contributed by atoms with Crippen LogP contribution in [0.1, 0.15) is 24.3 Å². The Morgan fingerprint density at radius 3 is 2.70 bits per heavy atom. The van der Waals surface area contributed by atoms with Crippen molar-refractivity contribution in [2.24, 2.45) is 0 Å². The molecule has 0 saturated carbocycles. The van der Waals surface area contributed by atoms with Gasteiger partial charge in [0.1, 0.15) is 0 Å². The lowest BCUT2D eigenvalue weighted by Gasteiger charge is -2.20. The molecule has 0 spiro atoms. The van der Waals surface area contributed by atoms with E-state index in [1.807, 2.05) is 18.2 Å². The highest BCUT2D eigenvalue weighted by Gasteiger charge is 2.44. The third-order valence-corrected chi connectivity index (χ3v) is 4.18. The van der Waals surface area contributed by atoms with E-state index < -0.39 is 12.0 Å². The minimum absolute atomic E-state index is 0.180. The summed E-state index contributed by atoms with van der Waals surface area (Å²) in [5, 5.41) is 2.64. The van der Waals surface area contributed by atoms with E-state index in [-0.39, 0.29) is 18.9 Å². The minimum Gasteiger partial charge on any atom is -0.341 e. The molecule has 1 aromatic rings. The number of nitrogens with zero attached hydrogens (tertiary/aromatic N) is 1.